The molecule has 2 heteroatoms. The van der Waals surface area contributed by atoms with Gasteiger partial charge in [0.15, 0.2) is 0 Å². The molecule has 0 amide bonds. The minimum Gasteiger partial charge on any atom is -0.378 e. The topological polar surface area (TPSA) is 21.3 Å². The molecule has 0 spiro atoms. The Bertz CT molecular complexity index is 136. The first kappa shape index (κ1) is 14.9. The molecule has 0 saturated heterocycles. The van der Waals surface area contributed by atoms with Gasteiger partial charge in [0, 0.05) is 12.6 Å². The lowest BCUT2D eigenvalue weighted by atomic mass is 10.1. The lowest BCUT2D eigenvalue weighted by Crippen LogP contribution is -2.25. The van der Waals surface area contributed by atoms with Gasteiger partial charge in [-0.1, -0.05) is 20.8 Å². The minimum atomic E-state index is 0.399. The molecular weight excluding hydrogens is 186 g/mol. The van der Waals surface area contributed by atoms with Crippen LogP contribution in [0.3, 0.4) is 0 Å². The quantitative estimate of drug-likeness (QED) is 0.596. The van der Waals surface area contributed by atoms with Crippen molar-refractivity contribution >= 4 is 0 Å². The summed E-state index contributed by atoms with van der Waals surface area (Å²) in [6.07, 6.45) is 4.11. The van der Waals surface area contributed by atoms with Crippen molar-refractivity contribution in [2.75, 3.05) is 13.2 Å². The molecule has 0 aliphatic heterocycles. The molecule has 92 valence electrons. The van der Waals surface area contributed by atoms with Crippen molar-refractivity contribution in [3.05, 3.63) is 0 Å². The zero-order chi connectivity index (χ0) is 11.7. The standard InChI is InChI=1S/C13H29NO/c1-6-14-12(4)9-7-8-10-15-13(5)11(2)3/h11-14H,6-10H2,1-5H3. The summed E-state index contributed by atoms with van der Waals surface area (Å²) in [7, 11) is 0. The molecule has 2 atom stereocenters. The second-order valence-electron chi connectivity index (χ2n) is 4.77. The van der Waals surface area contributed by atoms with E-state index >= 15 is 0 Å². The Morgan fingerprint density at radius 2 is 1.73 bits per heavy atom. The lowest BCUT2D eigenvalue weighted by molar-refractivity contribution is 0.0330. The summed E-state index contributed by atoms with van der Waals surface area (Å²) in [5, 5.41) is 3.42. The number of hydrogen-bond donors (Lipinski definition) is 1. The molecule has 0 aromatic carbocycles. The van der Waals surface area contributed by atoms with Gasteiger partial charge in [-0.15, -0.1) is 0 Å². The Morgan fingerprint density at radius 3 is 2.27 bits per heavy atom. The van der Waals surface area contributed by atoms with Crippen molar-refractivity contribution in [1.82, 2.24) is 5.32 Å². The highest BCUT2D eigenvalue weighted by Gasteiger charge is 2.06. The molecule has 0 aromatic rings. The number of rotatable bonds is 9. The van der Waals surface area contributed by atoms with E-state index in [-0.39, 0.29) is 0 Å². The Morgan fingerprint density at radius 1 is 1.07 bits per heavy atom. The van der Waals surface area contributed by atoms with Gasteiger partial charge in [-0.25, -0.2) is 0 Å². The van der Waals surface area contributed by atoms with Crippen LogP contribution >= 0.6 is 0 Å². The Hall–Kier alpha value is -0.0800. The maximum absolute atomic E-state index is 5.72. The molecule has 0 radical (unpaired) electrons. The van der Waals surface area contributed by atoms with Gasteiger partial charge in [0.2, 0.25) is 0 Å². The molecule has 0 bridgehead atoms. The van der Waals surface area contributed by atoms with Gasteiger partial charge >= 0.3 is 0 Å². The highest BCUT2D eigenvalue weighted by atomic mass is 16.5. The van der Waals surface area contributed by atoms with Crippen LogP contribution in [0.1, 0.15) is 53.9 Å². The van der Waals surface area contributed by atoms with Crippen molar-refractivity contribution in [2.24, 2.45) is 5.92 Å². The highest BCUT2D eigenvalue weighted by molar-refractivity contribution is 4.59. The molecule has 0 heterocycles. The van der Waals surface area contributed by atoms with E-state index in [4.69, 9.17) is 4.74 Å². The molecule has 1 N–H and O–H groups in total. The second-order valence-corrected chi connectivity index (χ2v) is 4.77. The van der Waals surface area contributed by atoms with E-state index in [9.17, 15) is 0 Å². The SMILES string of the molecule is CCNC(C)CCCCOC(C)C(C)C. The van der Waals surface area contributed by atoms with Crippen LogP contribution in [0, 0.1) is 5.92 Å². The number of nitrogens with one attached hydrogen (secondary N) is 1. The third-order valence-electron chi connectivity index (χ3n) is 2.90. The van der Waals surface area contributed by atoms with Crippen LogP contribution in [0.15, 0.2) is 0 Å². The maximum atomic E-state index is 5.72. The fourth-order valence-corrected chi connectivity index (χ4v) is 1.46. The van der Waals surface area contributed by atoms with Crippen molar-refractivity contribution in [3.63, 3.8) is 0 Å². The van der Waals surface area contributed by atoms with Gasteiger partial charge in [-0.2, -0.15) is 0 Å². The average molecular weight is 215 g/mol. The number of hydrogen-bond acceptors (Lipinski definition) is 2. The Balaban J connectivity index is 3.24. The van der Waals surface area contributed by atoms with E-state index in [2.05, 4.69) is 39.9 Å². The Kier molecular flexibility index (Phi) is 9.12. The summed E-state index contributed by atoms with van der Waals surface area (Å²) in [4.78, 5) is 0. The van der Waals surface area contributed by atoms with Crippen molar-refractivity contribution in [2.45, 2.75) is 66.0 Å². The molecule has 0 aliphatic rings. The first-order chi connectivity index (χ1) is 7.07. The summed E-state index contributed by atoms with van der Waals surface area (Å²) >= 11 is 0. The van der Waals surface area contributed by atoms with Crippen LogP contribution in [0.2, 0.25) is 0 Å². The summed E-state index contributed by atoms with van der Waals surface area (Å²) in [5.41, 5.74) is 0. The fraction of sp³-hybridized carbons (Fsp3) is 1.00. The largest absolute Gasteiger partial charge is 0.378 e. The van der Waals surface area contributed by atoms with Crippen molar-refractivity contribution in [1.29, 1.82) is 0 Å². The zero-order valence-corrected chi connectivity index (χ0v) is 11.2. The van der Waals surface area contributed by atoms with Crippen molar-refractivity contribution < 1.29 is 4.74 Å². The maximum Gasteiger partial charge on any atom is 0.0569 e. The van der Waals surface area contributed by atoms with Gasteiger partial charge in [-0.3, -0.25) is 0 Å². The highest BCUT2D eigenvalue weighted by Crippen LogP contribution is 2.07. The average Bonchev–Trinajstić information content (AvgIpc) is 2.17. The summed E-state index contributed by atoms with van der Waals surface area (Å²) in [6, 6.07) is 0.650. The molecule has 0 rings (SSSR count). The summed E-state index contributed by atoms with van der Waals surface area (Å²) in [5.74, 6) is 0.630. The number of unbranched alkanes of at least 4 members (excludes halogenated alkanes) is 1. The van der Waals surface area contributed by atoms with Crippen LogP contribution < -0.4 is 5.32 Å². The first-order valence-corrected chi connectivity index (χ1v) is 6.42. The third-order valence-corrected chi connectivity index (χ3v) is 2.90. The molecule has 0 aliphatic carbocycles. The van der Waals surface area contributed by atoms with Crippen LogP contribution in [0.5, 0.6) is 0 Å². The van der Waals surface area contributed by atoms with Crippen molar-refractivity contribution in [3.8, 4) is 0 Å². The van der Waals surface area contributed by atoms with Gasteiger partial charge in [-0.05, 0) is 45.6 Å². The van der Waals surface area contributed by atoms with Gasteiger partial charge < -0.3 is 10.1 Å². The van der Waals surface area contributed by atoms with Crippen LogP contribution in [-0.4, -0.2) is 25.3 Å². The van der Waals surface area contributed by atoms with Gasteiger partial charge in [0.1, 0.15) is 0 Å². The lowest BCUT2D eigenvalue weighted by Gasteiger charge is -2.17. The van der Waals surface area contributed by atoms with Gasteiger partial charge in [0.05, 0.1) is 6.10 Å². The van der Waals surface area contributed by atoms with E-state index in [1.54, 1.807) is 0 Å². The molecule has 2 nitrogen and oxygen atoms in total. The van der Waals surface area contributed by atoms with Gasteiger partial charge in [0.25, 0.3) is 0 Å². The van der Waals surface area contributed by atoms with Crippen LogP contribution in [0.25, 0.3) is 0 Å². The van der Waals surface area contributed by atoms with E-state index in [0.29, 0.717) is 18.1 Å². The normalized spacial score (nSPS) is 15.6. The van der Waals surface area contributed by atoms with E-state index in [1.807, 2.05) is 0 Å². The van der Waals surface area contributed by atoms with Crippen LogP contribution in [0.4, 0.5) is 0 Å². The Labute approximate surface area is 95.8 Å². The molecule has 0 fully saturated rings. The smallest absolute Gasteiger partial charge is 0.0569 e. The second kappa shape index (κ2) is 9.17. The van der Waals surface area contributed by atoms with E-state index in [1.165, 1.54) is 19.3 Å². The zero-order valence-electron chi connectivity index (χ0n) is 11.2. The fourth-order valence-electron chi connectivity index (χ4n) is 1.46. The molecule has 15 heavy (non-hydrogen) atoms. The predicted molar refractivity (Wildman–Crippen MR) is 67.2 cm³/mol. The third kappa shape index (κ3) is 8.88. The molecule has 0 aromatic heterocycles. The summed E-state index contributed by atoms with van der Waals surface area (Å²) in [6.45, 7) is 13.0. The minimum absolute atomic E-state index is 0.399. The summed E-state index contributed by atoms with van der Waals surface area (Å²) < 4.78 is 5.72. The monoisotopic (exact) mass is 215 g/mol. The molecule has 0 saturated carbocycles. The first-order valence-electron chi connectivity index (χ1n) is 6.42. The number of ether oxygens (including phenoxy) is 1. The molecular formula is C13H29NO. The molecule has 2 unspecified atom stereocenters. The predicted octanol–water partition coefficient (Wildman–Crippen LogP) is 3.22. The van der Waals surface area contributed by atoms with E-state index < -0.39 is 0 Å². The van der Waals surface area contributed by atoms with E-state index in [0.717, 1.165) is 13.2 Å². The van der Waals surface area contributed by atoms with Crippen LogP contribution in [-0.2, 0) is 4.74 Å².